The fourth-order valence-electron chi connectivity index (χ4n) is 3.14. The van der Waals surface area contributed by atoms with Crippen LogP contribution in [0.25, 0.3) is 0 Å². The number of hydrogen-bond acceptors (Lipinski definition) is 6. The van der Waals surface area contributed by atoms with Gasteiger partial charge in [-0.05, 0) is 44.4 Å². The van der Waals surface area contributed by atoms with Crippen molar-refractivity contribution in [2.45, 2.75) is 44.6 Å². The predicted octanol–water partition coefficient (Wildman–Crippen LogP) is 3.43. The van der Waals surface area contributed by atoms with E-state index in [-0.39, 0.29) is 11.1 Å². The number of nitrogens with zero attached hydrogens (tertiary/aromatic N) is 1. The van der Waals surface area contributed by atoms with Crippen molar-refractivity contribution in [3.63, 3.8) is 0 Å². The molecule has 24 heavy (non-hydrogen) atoms. The summed E-state index contributed by atoms with van der Waals surface area (Å²) in [5.41, 5.74) is 2.41. The summed E-state index contributed by atoms with van der Waals surface area (Å²) < 4.78 is 10.4. The molecule has 1 fully saturated rings. The number of ether oxygens (including phenoxy) is 2. The van der Waals surface area contributed by atoms with Gasteiger partial charge in [0.15, 0.2) is 5.12 Å². The highest BCUT2D eigenvalue weighted by Crippen LogP contribution is 2.33. The maximum Gasteiger partial charge on any atom is 0.338 e. The summed E-state index contributed by atoms with van der Waals surface area (Å²) in [6.45, 7) is 7.92. The lowest BCUT2D eigenvalue weighted by Gasteiger charge is -2.36. The van der Waals surface area contributed by atoms with E-state index in [0.717, 1.165) is 60.5 Å². The average Bonchev–Trinajstić information content (AvgIpc) is 2.57. The molecule has 0 saturated carbocycles. The van der Waals surface area contributed by atoms with E-state index in [0.29, 0.717) is 11.6 Å². The molecule has 1 heterocycles. The van der Waals surface area contributed by atoms with Gasteiger partial charge in [0.05, 0.1) is 12.7 Å². The van der Waals surface area contributed by atoms with Crippen molar-refractivity contribution >= 4 is 28.5 Å². The Bertz CT molecular complexity index is 611. The topological polar surface area (TPSA) is 55.8 Å². The second kappa shape index (κ2) is 8.53. The Labute approximate surface area is 147 Å². The van der Waals surface area contributed by atoms with Crippen LogP contribution in [0.15, 0.2) is 17.0 Å². The molecule has 0 N–H and O–H groups in total. The zero-order chi connectivity index (χ0) is 17.7. The van der Waals surface area contributed by atoms with Gasteiger partial charge in [0.2, 0.25) is 0 Å². The molecule has 0 radical (unpaired) electrons. The molecule has 1 aliphatic rings. The van der Waals surface area contributed by atoms with E-state index in [1.165, 1.54) is 14.0 Å². The van der Waals surface area contributed by atoms with E-state index >= 15 is 0 Å². The fourth-order valence-corrected chi connectivity index (χ4v) is 3.82. The summed E-state index contributed by atoms with van der Waals surface area (Å²) in [4.78, 5) is 26.8. The molecule has 1 aromatic rings. The van der Waals surface area contributed by atoms with Crippen LogP contribution in [0.2, 0.25) is 0 Å². The average molecular weight is 351 g/mol. The van der Waals surface area contributed by atoms with Crippen molar-refractivity contribution in [1.29, 1.82) is 0 Å². The first-order valence-electron chi connectivity index (χ1n) is 8.23. The second-order valence-corrected chi connectivity index (χ2v) is 7.08. The third-order valence-electron chi connectivity index (χ3n) is 4.30. The third-order valence-corrected chi connectivity index (χ3v) is 5.06. The second-order valence-electron chi connectivity index (χ2n) is 5.83. The minimum absolute atomic E-state index is 0.00488. The maximum atomic E-state index is 12.2. The molecule has 0 bridgehead atoms. The first kappa shape index (κ1) is 18.8. The zero-order valence-electron chi connectivity index (χ0n) is 14.8. The van der Waals surface area contributed by atoms with E-state index in [1.807, 2.05) is 13.0 Å². The van der Waals surface area contributed by atoms with E-state index in [2.05, 4.69) is 11.8 Å². The number of esters is 1. The number of thioether (sulfide) groups is 1. The van der Waals surface area contributed by atoms with E-state index in [9.17, 15) is 9.59 Å². The lowest BCUT2D eigenvalue weighted by atomic mass is 10.0. The van der Waals surface area contributed by atoms with Crippen LogP contribution >= 0.6 is 11.8 Å². The van der Waals surface area contributed by atoms with Gasteiger partial charge in [0.1, 0.15) is 0 Å². The third kappa shape index (κ3) is 4.30. The highest BCUT2D eigenvalue weighted by atomic mass is 32.2. The van der Waals surface area contributed by atoms with Crippen molar-refractivity contribution in [1.82, 2.24) is 0 Å². The van der Waals surface area contributed by atoms with Gasteiger partial charge in [-0.25, -0.2) is 4.79 Å². The normalized spacial score (nSPS) is 15.2. The summed E-state index contributed by atoms with van der Waals surface area (Å²) in [6.07, 6.45) is 1.93. The fraction of sp³-hybridized carbons (Fsp3) is 0.556. The van der Waals surface area contributed by atoms with Gasteiger partial charge in [0, 0.05) is 43.3 Å². The number of benzene rings is 1. The van der Waals surface area contributed by atoms with Crippen LogP contribution in [0.5, 0.6) is 0 Å². The first-order chi connectivity index (χ1) is 11.5. The monoisotopic (exact) mass is 351 g/mol. The molecule has 132 valence electrons. The van der Waals surface area contributed by atoms with E-state index in [4.69, 9.17) is 9.47 Å². The van der Waals surface area contributed by atoms with Crippen LogP contribution in [0, 0.1) is 6.92 Å². The molecule has 0 amide bonds. The van der Waals surface area contributed by atoms with Crippen LogP contribution in [0.3, 0.4) is 0 Å². The summed E-state index contributed by atoms with van der Waals surface area (Å²) in [7, 11) is 1.38. The highest BCUT2D eigenvalue weighted by molar-refractivity contribution is 8.13. The quantitative estimate of drug-likeness (QED) is 0.598. The number of hydrogen-bond donors (Lipinski definition) is 0. The van der Waals surface area contributed by atoms with Crippen LogP contribution in [0.4, 0.5) is 5.69 Å². The van der Waals surface area contributed by atoms with Gasteiger partial charge in [0.25, 0.3) is 0 Å². The van der Waals surface area contributed by atoms with Gasteiger partial charge in [-0.2, -0.15) is 0 Å². The van der Waals surface area contributed by atoms with Crippen molar-refractivity contribution in [3.05, 3.63) is 23.3 Å². The molecule has 1 aromatic carbocycles. The molecule has 1 saturated heterocycles. The molecule has 2 rings (SSSR count). The summed E-state index contributed by atoms with van der Waals surface area (Å²) in [5.74, 6) is -0.372. The number of carbonyl (C=O) groups is 2. The lowest BCUT2D eigenvalue weighted by Crippen LogP contribution is -2.40. The van der Waals surface area contributed by atoms with E-state index < -0.39 is 0 Å². The number of methoxy groups -OCH3 is 1. The number of rotatable bonds is 5. The summed E-state index contributed by atoms with van der Waals surface area (Å²) in [6, 6.07) is 4.13. The predicted molar refractivity (Wildman–Crippen MR) is 95.9 cm³/mol. The van der Waals surface area contributed by atoms with Gasteiger partial charge in [-0.1, -0.05) is 11.8 Å². The minimum Gasteiger partial charge on any atom is -0.465 e. The van der Waals surface area contributed by atoms with Gasteiger partial charge < -0.3 is 14.4 Å². The molecule has 0 spiro atoms. The Morgan fingerprint density at radius 3 is 2.54 bits per heavy atom. The highest BCUT2D eigenvalue weighted by Gasteiger charge is 2.25. The van der Waals surface area contributed by atoms with E-state index in [1.54, 1.807) is 6.07 Å². The molecular weight excluding hydrogens is 326 g/mol. The Kier molecular flexibility index (Phi) is 6.69. The minimum atomic E-state index is -0.372. The first-order valence-corrected chi connectivity index (χ1v) is 9.05. The Balaban J connectivity index is 2.48. The van der Waals surface area contributed by atoms with Crippen molar-refractivity contribution in [2.24, 2.45) is 0 Å². The zero-order valence-corrected chi connectivity index (χ0v) is 15.6. The standard InChI is InChI=1S/C18H25NO4S/c1-5-19(14-6-8-23-9-7-14)17-11-15(24-13(3)20)10-16(12(17)2)18(21)22-4/h10-11,14H,5-9H2,1-4H3. The Morgan fingerprint density at radius 1 is 1.33 bits per heavy atom. The Hall–Kier alpha value is -1.53. The molecule has 0 atom stereocenters. The SMILES string of the molecule is CCN(c1cc(SC(C)=O)cc(C(=O)OC)c1C)C1CCOCC1. The van der Waals surface area contributed by atoms with Crippen molar-refractivity contribution in [3.8, 4) is 0 Å². The molecule has 0 aliphatic carbocycles. The molecule has 6 heteroatoms. The smallest absolute Gasteiger partial charge is 0.338 e. The molecular formula is C18H25NO4S. The largest absolute Gasteiger partial charge is 0.465 e. The lowest BCUT2D eigenvalue weighted by molar-refractivity contribution is -0.109. The number of anilines is 1. The molecule has 1 aliphatic heterocycles. The molecule has 0 unspecified atom stereocenters. The molecule has 5 nitrogen and oxygen atoms in total. The van der Waals surface area contributed by atoms with Crippen LogP contribution in [-0.4, -0.2) is 44.0 Å². The van der Waals surface area contributed by atoms with Crippen molar-refractivity contribution in [2.75, 3.05) is 31.8 Å². The van der Waals surface area contributed by atoms with Crippen molar-refractivity contribution < 1.29 is 19.1 Å². The van der Waals surface area contributed by atoms with Crippen LogP contribution in [0.1, 0.15) is 42.6 Å². The summed E-state index contributed by atoms with van der Waals surface area (Å²) >= 11 is 1.14. The maximum absolute atomic E-state index is 12.2. The van der Waals surface area contributed by atoms with Crippen LogP contribution in [-0.2, 0) is 14.3 Å². The molecule has 0 aromatic heterocycles. The number of carbonyl (C=O) groups excluding carboxylic acids is 2. The van der Waals surface area contributed by atoms with Crippen LogP contribution < -0.4 is 4.90 Å². The summed E-state index contributed by atoms with van der Waals surface area (Å²) in [5, 5.41) is -0.00488. The van der Waals surface area contributed by atoms with Gasteiger partial charge in [-0.15, -0.1) is 0 Å². The van der Waals surface area contributed by atoms with Gasteiger partial charge >= 0.3 is 5.97 Å². The van der Waals surface area contributed by atoms with Gasteiger partial charge in [-0.3, -0.25) is 4.79 Å². The Morgan fingerprint density at radius 2 is 2.00 bits per heavy atom.